The molecule has 162 valence electrons. The number of carbonyl (C=O) groups excluding carboxylic acids is 2. The molecule has 0 saturated carbocycles. The van der Waals surface area contributed by atoms with Crippen LogP contribution in [0.1, 0.15) is 16.8 Å². The van der Waals surface area contributed by atoms with Crippen molar-refractivity contribution in [1.29, 1.82) is 0 Å². The van der Waals surface area contributed by atoms with Crippen LogP contribution in [-0.4, -0.2) is 28.9 Å². The van der Waals surface area contributed by atoms with Crippen molar-refractivity contribution in [3.8, 4) is 11.5 Å². The Morgan fingerprint density at radius 2 is 1.88 bits per heavy atom. The molecular weight excluding hydrogens is 474 g/mol. The second-order valence-electron chi connectivity index (χ2n) is 7.01. The predicted molar refractivity (Wildman–Crippen MR) is 123 cm³/mol. The normalized spacial score (nSPS) is 14.6. The zero-order chi connectivity index (χ0) is 22.5. The number of benzene rings is 2. The SMILES string of the molecule is COc1cc(/C=C2/NC(=O)N(Cc3ccccc3)C2=O)cc(Br)c1OCc1ccccn1. The van der Waals surface area contributed by atoms with Crippen molar-refractivity contribution in [2.75, 3.05) is 7.11 Å². The highest BCUT2D eigenvalue weighted by molar-refractivity contribution is 9.10. The fraction of sp³-hybridized carbons (Fsp3) is 0.125. The number of carbonyl (C=O) groups is 2. The summed E-state index contributed by atoms with van der Waals surface area (Å²) in [4.78, 5) is 30.6. The van der Waals surface area contributed by atoms with E-state index in [2.05, 4.69) is 26.2 Å². The van der Waals surface area contributed by atoms with Crippen LogP contribution in [0.3, 0.4) is 0 Å². The lowest BCUT2D eigenvalue weighted by Crippen LogP contribution is -2.30. The number of amides is 3. The van der Waals surface area contributed by atoms with Crippen LogP contribution in [0, 0.1) is 0 Å². The second kappa shape index (κ2) is 9.65. The van der Waals surface area contributed by atoms with E-state index in [9.17, 15) is 9.59 Å². The Morgan fingerprint density at radius 1 is 1.09 bits per heavy atom. The van der Waals surface area contributed by atoms with E-state index in [-0.39, 0.29) is 24.8 Å². The molecule has 0 unspecified atom stereocenters. The number of ether oxygens (including phenoxy) is 2. The summed E-state index contributed by atoms with van der Waals surface area (Å²) >= 11 is 3.51. The number of imide groups is 1. The molecule has 7 nitrogen and oxygen atoms in total. The maximum absolute atomic E-state index is 12.8. The summed E-state index contributed by atoms with van der Waals surface area (Å²) in [5, 5.41) is 2.64. The Hall–Kier alpha value is -3.65. The Kier molecular flexibility index (Phi) is 6.51. The number of aromatic nitrogens is 1. The zero-order valence-corrected chi connectivity index (χ0v) is 18.8. The van der Waals surface area contributed by atoms with E-state index < -0.39 is 6.03 Å². The van der Waals surface area contributed by atoms with Gasteiger partial charge in [0.2, 0.25) is 0 Å². The van der Waals surface area contributed by atoms with Crippen LogP contribution in [0.2, 0.25) is 0 Å². The number of nitrogens with one attached hydrogen (secondary N) is 1. The van der Waals surface area contributed by atoms with Crippen molar-refractivity contribution >= 4 is 33.9 Å². The molecule has 1 saturated heterocycles. The average molecular weight is 494 g/mol. The number of urea groups is 1. The first-order valence-electron chi connectivity index (χ1n) is 9.84. The van der Waals surface area contributed by atoms with Crippen LogP contribution in [0.25, 0.3) is 6.08 Å². The van der Waals surface area contributed by atoms with Crippen molar-refractivity contribution in [3.05, 3.63) is 93.9 Å². The first-order chi connectivity index (χ1) is 15.5. The van der Waals surface area contributed by atoms with E-state index in [1.807, 2.05) is 48.5 Å². The van der Waals surface area contributed by atoms with Gasteiger partial charge in [-0.1, -0.05) is 36.4 Å². The van der Waals surface area contributed by atoms with Crippen LogP contribution in [0.5, 0.6) is 11.5 Å². The van der Waals surface area contributed by atoms with E-state index in [0.29, 0.717) is 21.5 Å². The lowest BCUT2D eigenvalue weighted by atomic mass is 10.1. The van der Waals surface area contributed by atoms with Gasteiger partial charge in [-0.15, -0.1) is 0 Å². The number of hydrogen-bond acceptors (Lipinski definition) is 5. The van der Waals surface area contributed by atoms with Gasteiger partial charge in [0.05, 0.1) is 23.8 Å². The Labute approximate surface area is 193 Å². The average Bonchev–Trinajstić information content (AvgIpc) is 3.06. The lowest BCUT2D eigenvalue weighted by molar-refractivity contribution is -0.123. The molecule has 3 amide bonds. The first kappa shape index (κ1) is 21.6. The minimum absolute atomic E-state index is 0.196. The smallest absolute Gasteiger partial charge is 0.329 e. The molecule has 1 N–H and O–H groups in total. The molecule has 0 atom stereocenters. The second-order valence-corrected chi connectivity index (χ2v) is 7.86. The number of hydrogen-bond donors (Lipinski definition) is 1. The lowest BCUT2D eigenvalue weighted by Gasteiger charge is -2.13. The number of rotatable bonds is 7. The third-order valence-electron chi connectivity index (χ3n) is 4.80. The van der Waals surface area contributed by atoms with Crippen LogP contribution in [0.4, 0.5) is 4.79 Å². The summed E-state index contributed by atoms with van der Waals surface area (Å²) in [5.41, 5.74) is 2.52. The third kappa shape index (κ3) is 4.81. The first-order valence-corrected chi connectivity index (χ1v) is 10.6. The molecule has 2 aromatic carbocycles. The van der Waals surface area contributed by atoms with Crippen LogP contribution in [-0.2, 0) is 17.9 Å². The van der Waals surface area contributed by atoms with Gasteiger partial charge >= 0.3 is 6.03 Å². The molecule has 3 aromatic rings. The van der Waals surface area contributed by atoms with Crippen LogP contribution >= 0.6 is 15.9 Å². The highest BCUT2D eigenvalue weighted by Gasteiger charge is 2.33. The summed E-state index contributed by atoms with van der Waals surface area (Å²) in [6.07, 6.45) is 3.31. The summed E-state index contributed by atoms with van der Waals surface area (Å²) in [6.45, 7) is 0.482. The van der Waals surface area contributed by atoms with Crippen molar-refractivity contribution in [2.24, 2.45) is 0 Å². The van der Waals surface area contributed by atoms with Crippen molar-refractivity contribution < 1.29 is 19.1 Å². The molecule has 1 fully saturated rings. The molecule has 32 heavy (non-hydrogen) atoms. The Balaban J connectivity index is 1.54. The van der Waals surface area contributed by atoms with E-state index >= 15 is 0 Å². The molecule has 2 heterocycles. The van der Waals surface area contributed by atoms with Crippen molar-refractivity contribution in [3.63, 3.8) is 0 Å². The minimum atomic E-state index is -0.452. The fourth-order valence-corrected chi connectivity index (χ4v) is 3.81. The molecule has 8 heteroatoms. The van der Waals surface area contributed by atoms with Gasteiger partial charge in [0.25, 0.3) is 5.91 Å². The number of nitrogens with zero attached hydrogens (tertiary/aromatic N) is 2. The standard InChI is InChI=1S/C24H20BrN3O4/c1-31-21-13-17(11-19(25)22(21)32-15-18-9-5-6-10-26-18)12-20-23(29)28(24(30)27-20)14-16-7-3-2-4-8-16/h2-13H,14-15H2,1H3,(H,27,30)/b20-12+. The van der Waals surface area contributed by atoms with Gasteiger partial charge in [0.1, 0.15) is 12.3 Å². The van der Waals surface area contributed by atoms with E-state index in [4.69, 9.17) is 9.47 Å². The quantitative estimate of drug-likeness (QED) is 0.386. The molecule has 0 radical (unpaired) electrons. The van der Waals surface area contributed by atoms with Gasteiger partial charge in [-0.25, -0.2) is 4.79 Å². The van der Waals surface area contributed by atoms with Gasteiger partial charge in [0, 0.05) is 6.20 Å². The topological polar surface area (TPSA) is 80.8 Å². The van der Waals surface area contributed by atoms with Crippen molar-refractivity contribution in [1.82, 2.24) is 15.2 Å². The maximum atomic E-state index is 12.8. The summed E-state index contributed by atoms with van der Waals surface area (Å²) in [5.74, 6) is 0.622. The Morgan fingerprint density at radius 3 is 2.59 bits per heavy atom. The summed E-state index contributed by atoms with van der Waals surface area (Å²) in [6, 6.07) is 18.0. The minimum Gasteiger partial charge on any atom is -0.493 e. The van der Waals surface area contributed by atoms with Gasteiger partial charge in [-0.3, -0.25) is 14.7 Å². The van der Waals surface area contributed by atoms with E-state index in [1.165, 1.54) is 12.0 Å². The highest BCUT2D eigenvalue weighted by Crippen LogP contribution is 2.38. The molecule has 0 aliphatic carbocycles. The molecular formula is C24H20BrN3O4. The monoisotopic (exact) mass is 493 g/mol. The zero-order valence-electron chi connectivity index (χ0n) is 17.2. The number of pyridine rings is 1. The van der Waals surface area contributed by atoms with Gasteiger partial charge in [-0.2, -0.15) is 0 Å². The third-order valence-corrected chi connectivity index (χ3v) is 5.39. The van der Waals surface area contributed by atoms with Gasteiger partial charge in [0.15, 0.2) is 11.5 Å². The van der Waals surface area contributed by atoms with Crippen LogP contribution in [0.15, 0.2) is 77.0 Å². The fourth-order valence-electron chi connectivity index (χ4n) is 3.24. The maximum Gasteiger partial charge on any atom is 0.329 e. The molecule has 0 bridgehead atoms. The largest absolute Gasteiger partial charge is 0.493 e. The number of methoxy groups -OCH3 is 1. The predicted octanol–water partition coefficient (Wildman–Crippen LogP) is 4.52. The molecule has 1 aliphatic rings. The summed E-state index contributed by atoms with van der Waals surface area (Å²) < 4.78 is 12.0. The highest BCUT2D eigenvalue weighted by atomic mass is 79.9. The summed E-state index contributed by atoms with van der Waals surface area (Å²) in [7, 11) is 1.54. The molecule has 1 aromatic heterocycles. The number of halogens is 1. The van der Waals surface area contributed by atoms with Crippen molar-refractivity contribution in [2.45, 2.75) is 13.2 Å². The van der Waals surface area contributed by atoms with E-state index in [1.54, 1.807) is 24.4 Å². The molecule has 1 aliphatic heterocycles. The van der Waals surface area contributed by atoms with Crippen LogP contribution < -0.4 is 14.8 Å². The van der Waals surface area contributed by atoms with Gasteiger partial charge < -0.3 is 14.8 Å². The molecule has 0 spiro atoms. The van der Waals surface area contributed by atoms with E-state index in [0.717, 1.165) is 11.3 Å². The molecule has 4 rings (SSSR count). The van der Waals surface area contributed by atoms with Gasteiger partial charge in [-0.05, 0) is 57.4 Å². The Bertz CT molecular complexity index is 1170.